The molecule has 2 heterocycles. The number of thioether (sulfide) groups is 1. The zero-order valence-electron chi connectivity index (χ0n) is 23.9. The van der Waals surface area contributed by atoms with Crippen molar-refractivity contribution in [3.8, 4) is 17.6 Å². The maximum Gasteiger partial charge on any atom is 0.234 e. The lowest BCUT2D eigenvalue weighted by molar-refractivity contribution is -0.118. The lowest BCUT2D eigenvalue weighted by Crippen LogP contribution is -2.42. The van der Waals surface area contributed by atoms with Gasteiger partial charge in [-0.1, -0.05) is 60.7 Å². The van der Waals surface area contributed by atoms with Crippen molar-refractivity contribution in [1.29, 1.82) is 5.26 Å². The predicted molar refractivity (Wildman–Crippen MR) is 167 cm³/mol. The van der Waals surface area contributed by atoms with Crippen LogP contribution in [0.25, 0.3) is 0 Å². The third-order valence-electron chi connectivity index (χ3n) is 7.18. The van der Waals surface area contributed by atoms with Crippen molar-refractivity contribution in [2.24, 2.45) is 11.1 Å². The molecule has 1 aliphatic carbocycles. The Morgan fingerprint density at radius 2 is 1.95 bits per heavy atom. The van der Waals surface area contributed by atoms with E-state index in [2.05, 4.69) is 21.6 Å². The van der Waals surface area contributed by atoms with E-state index in [-0.39, 0.29) is 34.3 Å². The molecule has 10 nitrogen and oxygen atoms in total. The molecule has 43 heavy (non-hydrogen) atoms. The molecule has 1 aliphatic heterocycles. The zero-order chi connectivity index (χ0) is 30.9. The Hall–Kier alpha value is -4.05. The number of hydrogen-bond acceptors (Lipinski definition) is 11. The Morgan fingerprint density at radius 1 is 1.21 bits per heavy atom. The molecule has 0 radical (unpaired) electrons. The molecular formula is C30H29ClN6O4S2. The topological polar surface area (TPSA) is 143 Å². The minimum atomic E-state index is -0.609. The van der Waals surface area contributed by atoms with Crippen LogP contribution >= 0.6 is 34.7 Å². The van der Waals surface area contributed by atoms with Crippen molar-refractivity contribution in [3.05, 3.63) is 75.7 Å². The van der Waals surface area contributed by atoms with Gasteiger partial charge >= 0.3 is 0 Å². The van der Waals surface area contributed by atoms with Crippen LogP contribution < -0.4 is 25.4 Å². The average molecular weight is 637 g/mol. The summed E-state index contributed by atoms with van der Waals surface area (Å²) in [5, 5.41) is 22.5. The van der Waals surface area contributed by atoms with Crippen LogP contribution in [0.2, 0.25) is 5.02 Å². The number of nitrogens with zero attached hydrogens (tertiary/aromatic N) is 4. The van der Waals surface area contributed by atoms with Crippen molar-refractivity contribution in [2.45, 2.75) is 36.9 Å². The van der Waals surface area contributed by atoms with E-state index in [0.29, 0.717) is 55.8 Å². The van der Waals surface area contributed by atoms with E-state index in [4.69, 9.17) is 26.8 Å². The maximum atomic E-state index is 13.7. The first-order valence-corrected chi connectivity index (χ1v) is 15.4. The third kappa shape index (κ3) is 6.20. The number of rotatable bonds is 8. The number of amides is 1. The van der Waals surface area contributed by atoms with E-state index in [1.807, 2.05) is 26.0 Å². The van der Waals surface area contributed by atoms with Gasteiger partial charge in [0.1, 0.15) is 17.3 Å². The Bertz CT molecular complexity index is 1690. The van der Waals surface area contributed by atoms with Crippen LogP contribution in [0.5, 0.6) is 11.5 Å². The second kappa shape index (κ2) is 12.3. The molecule has 0 spiro atoms. The van der Waals surface area contributed by atoms with Gasteiger partial charge in [-0.05, 0) is 47.7 Å². The highest BCUT2D eigenvalue weighted by Crippen LogP contribution is 2.50. The summed E-state index contributed by atoms with van der Waals surface area (Å²) in [7, 11) is 3.10. The van der Waals surface area contributed by atoms with Crippen molar-refractivity contribution in [1.82, 2.24) is 10.2 Å². The Morgan fingerprint density at radius 3 is 2.60 bits per heavy atom. The van der Waals surface area contributed by atoms with E-state index in [1.165, 1.54) is 30.2 Å². The number of ketones is 1. The molecule has 5 rings (SSSR count). The largest absolute Gasteiger partial charge is 0.497 e. The van der Waals surface area contributed by atoms with Gasteiger partial charge in [0.2, 0.25) is 11.0 Å². The number of aromatic nitrogens is 2. The Balaban J connectivity index is 1.43. The molecule has 1 aromatic heterocycles. The number of halogens is 1. The molecule has 2 aliphatic rings. The minimum Gasteiger partial charge on any atom is -0.497 e. The van der Waals surface area contributed by atoms with Gasteiger partial charge in [0.05, 0.1) is 42.6 Å². The molecule has 3 aromatic rings. The summed E-state index contributed by atoms with van der Waals surface area (Å²) in [6.07, 6.45) is 0.895. The fourth-order valence-corrected chi connectivity index (χ4v) is 7.22. The molecule has 13 heteroatoms. The first-order chi connectivity index (χ1) is 20.5. The molecule has 0 bridgehead atoms. The molecule has 3 N–H and O–H groups in total. The predicted octanol–water partition coefficient (Wildman–Crippen LogP) is 5.88. The van der Waals surface area contributed by atoms with Crippen LogP contribution in [-0.4, -0.2) is 41.9 Å². The molecule has 2 aromatic carbocycles. The van der Waals surface area contributed by atoms with Crippen LogP contribution in [0.3, 0.4) is 0 Å². The number of benzene rings is 2. The van der Waals surface area contributed by atoms with Crippen molar-refractivity contribution < 1.29 is 19.1 Å². The molecule has 1 amide bonds. The zero-order valence-corrected chi connectivity index (χ0v) is 26.3. The summed E-state index contributed by atoms with van der Waals surface area (Å²) in [6.45, 7) is 4.07. The molecule has 0 saturated carbocycles. The van der Waals surface area contributed by atoms with E-state index in [0.717, 1.165) is 5.56 Å². The van der Waals surface area contributed by atoms with Crippen LogP contribution in [-0.2, 0) is 9.59 Å². The lowest BCUT2D eigenvalue weighted by Gasteiger charge is -2.42. The van der Waals surface area contributed by atoms with E-state index in [9.17, 15) is 14.9 Å². The molecular weight excluding hydrogens is 608 g/mol. The SMILES string of the molecule is COc1ccc(C2C(C#N)=C(N)N(c3nnc(SCC(=O)Nc4ccc(OC)c(Cl)c4)s3)C3=C2C(=O)CC(C)(C)C3)cc1. The van der Waals surface area contributed by atoms with Gasteiger partial charge in [-0.3, -0.25) is 14.5 Å². The summed E-state index contributed by atoms with van der Waals surface area (Å²) in [5.74, 6) is 0.564. The highest BCUT2D eigenvalue weighted by molar-refractivity contribution is 8.01. The van der Waals surface area contributed by atoms with Gasteiger partial charge < -0.3 is 20.5 Å². The van der Waals surface area contributed by atoms with Crippen LogP contribution in [0.1, 0.15) is 38.2 Å². The first kappa shape index (κ1) is 30.4. The summed E-state index contributed by atoms with van der Waals surface area (Å²) in [6, 6.07) is 14.6. The molecule has 0 fully saturated rings. The van der Waals surface area contributed by atoms with Crippen molar-refractivity contribution in [2.75, 3.05) is 30.2 Å². The molecule has 1 unspecified atom stereocenters. The highest BCUT2D eigenvalue weighted by Gasteiger charge is 2.45. The second-order valence-corrected chi connectivity index (χ2v) is 13.4. The fourth-order valence-electron chi connectivity index (χ4n) is 5.28. The van der Waals surface area contributed by atoms with Crippen molar-refractivity contribution >= 4 is 57.2 Å². The standard InChI is InChI=1S/C30H29ClN6O4S2/c1-30(2)12-21-26(22(38)13-30)25(16-5-8-18(40-3)9-6-16)19(14-32)27(33)37(21)28-35-36-29(43-28)42-15-24(39)34-17-7-10-23(41-4)20(31)11-17/h5-11,25H,12-13,15,33H2,1-4H3,(H,34,39). The quantitative estimate of drug-likeness (QED) is 0.288. The van der Waals surface area contributed by atoms with Gasteiger partial charge in [0.25, 0.3) is 0 Å². The summed E-state index contributed by atoms with van der Waals surface area (Å²) < 4.78 is 11.0. The number of carbonyl (C=O) groups is 2. The Kier molecular flexibility index (Phi) is 8.69. The summed E-state index contributed by atoms with van der Waals surface area (Å²) in [4.78, 5) is 28.0. The number of nitrogens with one attached hydrogen (secondary N) is 1. The summed E-state index contributed by atoms with van der Waals surface area (Å²) in [5.41, 5.74) is 9.20. The number of nitrogens with two attached hydrogens (primary N) is 1. The number of ether oxygens (including phenoxy) is 2. The molecule has 222 valence electrons. The van der Waals surface area contributed by atoms with Crippen molar-refractivity contribution in [3.63, 3.8) is 0 Å². The van der Waals surface area contributed by atoms with E-state index in [1.54, 1.807) is 42.3 Å². The maximum absolute atomic E-state index is 13.7. The number of methoxy groups -OCH3 is 2. The smallest absolute Gasteiger partial charge is 0.234 e. The number of nitriles is 1. The van der Waals surface area contributed by atoms with E-state index < -0.39 is 5.92 Å². The van der Waals surface area contributed by atoms with Gasteiger partial charge in [-0.15, -0.1) is 10.2 Å². The third-order valence-corrected chi connectivity index (χ3v) is 9.52. The second-order valence-electron chi connectivity index (χ2n) is 10.8. The number of allylic oxidation sites excluding steroid dienone is 3. The lowest BCUT2D eigenvalue weighted by atomic mass is 9.68. The van der Waals surface area contributed by atoms with Gasteiger partial charge in [0, 0.05) is 23.4 Å². The number of Topliss-reactive ketones (excluding diaryl/α,β-unsaturated/α-hetero) is 1. The van der Waals surface area contributed by atoms with E-state index >= 15 is 0 Å². The monoisotopic (exact) mass is 636 g/mol. The number of carbonyl (C=O) groups excluding carboxylic acids is 2. The van der Waals surface area contributed by atoms with Gasteiger partial charge in [-0.2, -0.15) is 5.26 Å². The number of hydrogen-bond donors (Lipinski definition) is 2. The van der Waals surface area contributed by atoms with Crippen LogP contribution in [0.4, 0.5) is 10.8 Å². The average Bonchev–Trinajstić information content (AvgIpc) is 3.43. The van der Waals surface area contributed by atoms with Crippen LogP contribution in [0, 0.1) is 16.7 Å². The Labute approximate surface area is 262 Å². The fraction of sp³-hybridized carbons (Fsp3) is 0.300. The van der Waals surface area contributed by atoms with Crippen LogP contribution in [0.15, 0.2) is 69.5 Å². The minimum absolute atomic E-state index is 0.0354. The highest BCUT2D eigenvalue weighted by atomic mass is 35.5. The first-order valence-electron chi connectivity index (χ1n) is 13.2. The van der Waals surface area contributed by atoms with Gasteiger partial charge in [0.15, 0.2) is 10.1 Å². The summed E-state index contributed by atoms with van der Waals surface area (Å²) >= 11 is 8.61. The molecule has 0 saturated heterocycles. The van der Waals surface area contributed by atoms with Gasteiger partial charge in [-0.25, -0.2) is 0 Å². The number of anilines is 2. The molecule has 1 atom stereocenters. The normalized spacial score (nSPS) is 17.8.